The van der Waals surface area contributed by atoms with E-state index in [2.05, 4.69) is 20.5 Å². The van der Waals surface area contributed by atoms with Gasteiger partial charge in [-0.05, 0) is 48.4 Å². The summed E-state index contributed by atoms with van der Waals surface area (Å²) in [5, 5.41) is 10.8. The maximum Gasteiger partial charge on any atom is 0.269 e. The Hall–Kier alpha value is -2.66. The molecule has 1 unspecified atom stereocenters. The Kier molecular flexibility index (Phi) is 3.35. The SMILES string of the molecule is O=c1[nH]nc(-c2ccncc2)cc1C1Cc2cc(Cl)ccc2N1. The highest BCUT2D eigenvalue weighted by Gasteiger charge is 2.25. The lowest BCUT2D eigenvalue weighted by Crippen LogP contribution is -2.21. The molecular weight excluding hydrogens is 312 g/mol. The van der Waals surface area contributed by atoms with Gasteiger partial charge in [0.1, 0.15) is 0 Å². The second-order valence-electron chi connectivity index (χ2n) is 5.48. The Morgan fingerprint density at radius 1 is 1.13 bits per heavy atom. The monoisotopic (exact) mass is 324 g/mol. The van der Waals surface area contributed by atoms with Crippen molar-refractivity contribution in [1.82, 2.24) is 15.2 Å². The summed E-state index contributed by atoms with van der Waals surface area (Å²) in [6, 6.07) is 11.2. The molecule has 5 nitrogen and oxygen atoms in total. The van der Waals surface area contributed by atoms with Crippen molar-refractivity contribution in [2.24, 2.45) is 0 Å². The van der Waals surface area contributed by atoms with Crippen LogP contribution in [0, 0.1) is 0 Å². The molecule has 6 heteroatoms. The standard InChI is InChI=1S/C17H13ClN4O/c18-12-1-2-14-11(7-12)8-16(20-14)13-9-15(21-22-17(13)23)10-3-5-19-6-4-10/h1-7,9,16,20H,8H2,(H,22,23). The summed E-state index contributed by atoms with van der Waals surface area (Å²) < 4.78 is 0. The molecule has 0 spiro atoms. The number of aromatic nitrogens is 3. The van der Waals surface area contributed by atoms with Gasteiger partial charge in [0.05, 0.1) is 11.7 Å². The molecule has 0 radical (unpaired) electrons. The summed E-state index contributed by atoms with van der Waals surface area (Å²) in [5.74, 6) is 0. The van der Waals surface area contributed by atoms with Gasteiger partial charge in [0, 0.05) is 34.2 Å². The van der Waals surface area contributed by atoms with Gasteiger partial charge in [-0.3, -0.25) is 9.78 Å². The van der Waals surface area contributed by atoms with Gasteiger partial charge in [-0.2, -0.15) is 5.10 Å². The lowest BCUT2D eigenvalue weighted by molar-refractivity contribution is 0.792. The molecule has 1 atom stereocenters. The number of halogens is 1. The van der Waals surface area contributed by atoms with Crippen molar-refractivity contribution in [3.63, 3.8) is 0 Å². The fourth-order valence-corrected chi connectivity index (χ4v) is 3.06. The summed E-state index contributed by atoms with van der Waals surface area (Å²) in [6.45, 7) is 0. The molecule has 0 bridgehead atoms. The minimum absolute atomic E-state index is 0.0872. The molecule has 0 saturated heterocycles. The second-order valence-corrected chi connectivity index (χ2v) is 5.91. The quantitative estimate of drug-likeness (QED) is 0.759. The summed E-state index contributed by atoms with van der Waals surface area (Å²) >= 11 is 6.04. The molecule has 1 aliphatic rings. The van der Waals surface area contributed by atoms with Crippen LogP contribution in [0.4, 0.5) is 5.69 Å². The number of rotatable bonds is 2. The Morgan fingerprint density at radius 3 is 2.78 bits per heavy atom. The predicted octanol–water partition coefficient (Wildman–Crippen LogP) is 3.19. The van der Waals surface area contributed by atoms with Crippen LogP contribution in [0.15, 0.2) is 53.6 Å². The minimum atomic E-state index is -0.181. The lowest BCUT2D eigenvalue weighted by Gasteiger charge is -2.11. The predicted molar refractivity (Wildman–Crippen MR) is 89.6 cm³/mol. The first-order valence-electron chi connectivity index (χ1n) is 7.26. The van der Waals surface area contributed by atoms with Gasteiger partial charge in [-0.25, -0.2) is 5.10 Å². The number of fused-ring (bicyclic) bond motifs is 1. The zero-order valence-corrected chi connectivity index (χ0v) is 12.8. The van der Waals surface area contributed by atoms with Gasteiger partial charge < -0.3 is 5.32 Å². The van der Waals surface area contributed by atoms with Crippen molar-refractivity contribution in [2.75, 3.05) is 5.32 Å². The van der Waals surface area contributed by atoms with Crippen molar-refractivity contribution in [3.05, 3.63) is 75.3 Å². The average molecular weight is 325 g/mol. The summed E-state index contributed by atoms with van der Waals surface area (Å²) in [7, 11) is 0. The van der Waals surface area contributed by atoms with E-state index in [0.29, 0.717) is 10.6 Å². The van der Waals surface area contributed by atoms with E-state index in [1.165, 1.54) is 0 Å². The first-order valence-corrected chi connectivity index (χ1v) is 7.63. The van der Waals surface area contributed by atoms with Crippen LogP contribution in [0.25, 0.3) is 11.3 Å². The fourth-order valence-electron chi connectivity index (χ4n) is 2.87. The van der Waals surface area contributed by atoms with Crippen molar-refractivity contribution in [2.45, 2.75) is 12.5 Å². The van der Waals surface area contributed by atoms with Gasteiger partial charge in [-0.1, -0.05) is 11.6 Å². The topological polar surface area (TPSA) is 70.7 Å². The molecule has 1 aliphatic heterocycles. The van der Waals surface area contributed by atoms with Gasteiger partial charge in [0.15, 0.2) is 0 Å². The third-order valence-corrected chi connectivity index (χ3v) is 4.24. The van der Waals surface area contributed by atoms with Gasteiger partial charge in [-0.15, -0.1) is 0 Å². The Balaban J connectivity index is 1.72. The molecule has 23 heavy (non-hydrogen) atoms. The highest BCUT2D eigenvalue weighted by molar-refractivity contribution is 6.30. The molecule has 3 heterocycles. The Bertz CT molecular complexity index is 923. The highest BCUT2D eigenvalue weighted by atomic mass is 35.5. The van der Waals surface area contributed by atoms with Gasteiger partial charge in [0.25, 0.3) is 5.56 Å². The smallest absolute Gasteiger partial charge is 0.269 e. The van der Waals surface area contributed by atoms with Crippen molar-refractivity contribution in [1.29, 1.82) is 0 Å². The maximum absolute atomic E-state index is 12.2. The van der Waals surface area contributed by atoms with E-state index >= 15 is 0 Å². The van der Waals surface area contributed by atoms with E-state index in [1.807, 2.05) is 36.4 Å². The summed E-state index contributed by atoms with van der Waals surface area (Å²) in [4.78, 5) is 16.2. The average Bonchev–Trinajstić information content (AvgIpc) is 2.99. The van der Waals surface area contributed by atoms with E-state index in [9.17, 15) is 4.79 Å². The largest absolute Gasteiger partial charge is 0.377 e. The number of benzene rings is 1. The first-order chi connectivity index (χ1) is 11.2. The van der Waals surface area contributed by atoms with Gasteiger partial charge >= 0.3 is 0 Å². The number of nitrogens with zero attached hydrogens (tertiary/aromatic N) is 2. The molecule has 2 aromatic heterocycles. The molecule has 3 aromatic rings. The van der Waals surface area contributed by atoms with E-state index in [1.54, 1.807) is 12.4 Å². The molecule has 114 valence electrons. The van der Waals surface area contributed by atoms with Crippen LogP contribution in [-0.4, -0.2) is 15.2 Å². The number of pyridine rings is 1. The Labute approximate surface area is 137 Å². The van der Waals surface area contributed by atoms with Crippen LogP contribution in [0.2, 0.25) is 5.02 Å². The van der Waals surface area contributed by atoms with E-state index < -0.39 is 0 Å². The fraction of sp³-hybridized carbons (Fsp3) is 0.118. The zero-order chi connectivity index (χ0) is 15.8. The molecule has 0 fully saturated rings. The third-order valence-electron chi connectivity index (χ3n) is 4.00. The van der Waals surface area contributed by atoms with E-state index in [-0.39, 0.29) is 11.6 Å². The number of H-pyrrole nitrogens is 1. The maximum atomic E-state index is 12.2. The molecule has 0 saturated carbocycles. The first kappa shape index (κ1) is 14.0. The molecule has 1 aromatic carbocycles. The number of hydrogen-bond donors (Lipinski definition) is 2. The second kappa shape index (κ2) is 5.52. The normalized spacial score (nSPS) is 16.0. The third kappa shape index (κ3) is 2.59. The van der Waals surface area contributed by atoms with Crippen LogP contribution in [0.5, 0.6) is 0 Å². The van der Waals surface area contributed by atoms with E-state index in [4.69, 9.17) is 11.6 Å². The summed E-state index contributed by atoms with van der Waals surface area (Å²) in [6.07, 6.45) is 4.12. The van der Waals surface area contributed by atoms with Crippen LogP contribution >= 0.6 is 11.6 Å². The number of anilines is 1. The lowest BCUT2D eigenvalue weighted by atomic mass is 10.0. The summed E-state index contributed by atoms with van der Waals surface area (Å²) in [5.41, 5.74) is 4.25. The molecular formula is C17H13ClN4O. The molecule has 2 N–H and O–H groups in total. The van der Waals surface area contributed by atoms with Crippen molar-refractivity contribution < 1.29 is 0 Å². The Morgan fingerprint density at radius 2 is 1.96 bits per heavy atom. The number of nitrogens with one attached hydrogen (secondary N) is 2. The number of hydrogen-bond acceptors (Lipinski definition) is 4. The number of aromatic amines is 1. The molecule has 0 amide bonds. The highest BCUT2D eigenvalue weighted by Crippen LogP contribution is 2.35. The molecule has 4 rings (SSSR count). The van der Waals surface area contributed by atoms with E-state index in [0.717, 1.165) is 28.9 Å². The van der Waals surface area contributed by atoms with Crippen molar-refractivity contribution in [3.8, 4) is 11.3 Å². The minimum Gasteiger partial charge on any atom is -0.377 e. The van der Waals surface area contributed by atoms with Crippen LogP contribution in [0.3, 0.4) is 0 Å². The van der Waals surface area contributed by atoms with Crippen molar-refractivity contribution >= 4 is 17.3 Å². The zero-order valence-electron chi connectivity index (χ0n) is 12.1. The van der Waals surface area contributed by atoms with Crippen LogP contribution < -0.4 is 10.9 Å². The van der Waals surface area contributed by atoms with Gasteiger partial charge in [0.2, 0.25) is 0 Å². The molecule has 0 aliphatic carbocycles. The van der Waals surface area contributed by atoms with Crippen LogP contribution in [0.1, 0.15) is 17.2 Å². The van der Waals surface area contributed by atoms with Crippen LogP contribution in [-0.2, 0) is 6.42 Å².